The fourth-order valence-corrected chi connectivity index (χ4v) is 1.83. The molecule has 0 amide bonds. The Bertz CT molecular complexity index is 429. The van der Waals surface area contributed by atoms with Gasteiger partial charge < -0.3 is 5.11 Å². The molecule has 0 saturated carbocycles. The summed E-state index contributed by atoms with van der Waals surface area (Å²) in [5, 5.41) is 8.40. The molecule has 1 unspecified atom stereocenters. The normalized spacial score (nSPS) is 13.5. The number of aliphatic carboxylic acids is 1. The van der Waals surface area contributed by atoms with Gasteiger partial charge in [-0.2, -0.15) is 13.2 Å². The monoisotopic (exact) mass is 266 g/mol. The van der Waals surface area contributed by atoms with Crippen LogP contribution in [-0.4, -0.2) is 11.1 Å². The van der Waals surface area contributed by atoms with Crippen LogP contribution in [0.5, 0.6) is 0 Å². The van der Waals surface area contributed by atoms with E-state index in [0.29, 0.717) is 0 Å². The van der Waals surface area contributed by atoms with E-state index in [0.717, 1.165) is 18.2 Å². The van der Waals surface area contributed by atoms with Gasteiger partial charge in [0.2, 0.25) is 0 Å². The quantitative estimate of drug-likeness (QED) is 0.900. The van der Waals surface area contributed by atoms with Crippen molar-refractivity contribution < 1.29 is 23.1 Å². The number of carbonyl (C=O) groups is 1. The van der Waals surface area contributed by atoms with Gasteiger partial charge in [0.1, 0.15) is 0 Å². The molecule has 1 N–H and O–H groups in total. The molecule has 1 atom stereocenters. The summed E-state index contributed by atoms with van der Waals surface area (Å²) in [6.07, 6.45) is -4.24. The van der Waals surface area contributed by atoms with Gasteiger partial charge in [0.05, 0.1) is 16.5 Å². The van der Waals surface area contributed by atoms with Gasteiger partial charge in [-0.25, -0.2) is 0 Å². The van der Waals surface area contributed by atoms with Crippen LogP contribution in [0.4, 0.5) is 13.2 Å². The second-order valence-corrected chi connectivity index (χ2v) is 3.94. The summed E-state index contributed by atoms with van der Waals surface area (Å²) in [7, 11) is 0. The molecular weight excluding hydrogens is 257 g/mol. The van der Waals surface area contributed by atoms with Crippen LogP contribution < -0.4 is 0 Å². The van der Waals surface area contributed by atoms with Crippen molar-refractivity contribution in [3.05, 3.63) is 34.3 Å². The second kappa shape index (κ2) is 4.96. The van der Waals surface area contributed by atoms with Crippen molar-refractivity contribution in [1.82, 2.24) is 0 Å². The number of hydrogen-bond acceptors (Lipinski definition) is 1. The fourth-order valence-electron chi connectivity index (χ4n) is 1.53. The summed E-state index contributed by atoms with van der Waals surface area (Å²) < 4.78 is 37.3. The van der Waals surface area contributed by atoms with E-state index in [9.17, 15) is 18.0 Å². The Labute approximate surface area is 101 Å². The predicted octanol–water partition coefficient (Wildman–Crippen LogP) is 3.94. The molecule has 1 rings (SSSR count). The number of halogens is 4. The lowest BCUT2D eigenvalue weighted by atomic mass is 9.95. The van der Waals surface area contributed by atoms with Crippen molar-refractivity contribution in [2.45, 2.75) is 25.4 Å². The Hall–Kier alpha value is -1.23. The molecule has 0 aliphatic heterocycles. The summed E-state index contributed by atoms with van der Waals surface area (Å²) in [5.41, 5.74) is -0.679. The predicted molar refractivity (Wildman–Crippen MR) is 57.1 cm³/mol. The first-order valence-electron chi connectivity index (χ1n) is 4.86. The maximum Gasteiger partial charge on any atom is 0.417 e. The van der Waals surface area contributed by atoms with E-state index < -0.39 is 28.6 Å². The van der Waals surface area contributed by atoms with E-state index in [2.05, 4.69) is 0 Å². The molecule has 0 spiro atoms. The van der Waals surface area contributed by atoms with Crippen LogP contribution >= 0.6 is 11.6 Å². The van der Waals surface area contributed by atoms with E-state index in [1.165, 1.54) is 0 Å². The van der Waals surface area contributed by atoms with Crippen LogP contribution in [0, 0.1) is 0 Å². The first-order chi connectivity index (χ1) is 7.77. The molecule has 6 heteroatoms. The number of carboxylic acids is 1. The lowest BCUT2D eigenvalue weighted by Crippen LogP contribution is -2.12. The van der Waals surface area contributed by atoms with Crippen molar-refractivity contribution in [2.75, 3.05) is 0 Å². The maximum atomic E-state index is 12.4. The number of alkyl halides is 3. The van der Waals surface area contributed by atoms with E-state index in [1.807, 2.05) is 0 Å². The standard InChI is InChI=1S/C11H10ClF3O2/c1-2-7(10(16)17)6-3-4-8(9(12)5-6)11(13,14)15/h3-5,7H,2H2,1H3,(H,16,17). The first kappa shape index (κ1) is 13.8. The minimum Gasteiger partial charge on any atom is -0.481 e. The van der Waals surface area contributed by atoms with Crippen LogP contribution in [0.2, 0.25) is 5.02 Å². The van der Waals surface area contributed by atoms with Crippen molar-refractivity contribution in [2.24, 2.45) is 0 Å². The second-order valence-electron chi connectivity index (χ2n) is 3.54. The van der Waals surface area contributed by atoms with Gasteiger partial charge >= 0.3 is 12.1 Å². The van der Waals surface area contributed by atoms with Gasteiger partial charge in [0, 0.05) is 0 Å². The highest BCUT2D eigenvalue weighted by atomic mass is 35.5. The highest BCUT2D eigenvalue weighted by Crippen LogP contribution is 2.36. The number of hydrogen-bond donors (Lipinski definition) is 1. The zero-order chi connectivity index (χ0) is 13.2. The van der Waals surface area contributed by atoms with E-state index in [-0.39, 0.29) is 12.0 Å². The Kier molecular flexibility index (Phi) is 4.03. The van der Waals surface area contributed by atoms with E-state index in [4.69, 9.17) is 16.7 Å². The van der Waals surface area contributed by atoms with Crippen LogP contribution in [0.1, 0.15) is 30.4 Å². The molecule has 0 bridgehead atoms. The smallest absolute Gasteiger partial charge is 0.417 e. The molecule has 1 aromatic rings. The zero-order valence-electron chi connectivity index (χ0n) is 8.88. The molecule has 0 aromatic heterocycles. The highest BCUT2D eigenvalue weighted by Gasteiger charge is 2.33. The van der Waals surface area contributed by atoms with E-state index >= 15 is 0 Å². The van der Waals surface area contributed by atoms with Gasteiger partial charge in [-0.15, -0.1) is 0 Å². The van der Waals surface area contributed by atoms with Gasteiger partial charge in [0.25, 0.3) is 0 Å². The molecule has 1 aromatic carbocycles. The van der Waals surface area contributed by atoms with Crippen molar-refractivity contribution in [3.63, 3.8) is 0 Å². The average molecular weight is 267 g/mol. The molecule has 0 radical (unpaired) electrons. The van der Waals surface area contributed by atoms with Crippen LogP contribution in [-0.2, 0) is 11.0 Å². The largest absolute Gasteiger partial charge is 0.481 e. The Balaban J connectivity index is 3.16. The minimum absolute atomic E-state index is 0.276. The molecular formula is C11H10ClF3O2. The summed E-state index contributed by atoms with van der Waals surface area (Å²) >= 11 is 5.51. The van der Waals surface area contributed by atoms with Crippen LogP contribution in [0.15, 0.2) is 18.2 Å². The summed E-state index contributed by atoms with van der Waals surface area (Å²) in [6.45, 7) is 1.64. The Morgan fingerprint density at radius 1 is 1.47 bits per heavy atom. The number of carboxylic acid groups (broad SMARTS) is 1. The zero-order valence-corrected chi connectivity index (χ0v) is 9.64. The molecule has 17 heavy (non-hydrogen) atoms. The lowest BCUT2D eigenvalue weighted by Gasteiger charge is -2.13. The summed E-state index contributed by atoms with van der Waals surface area (Å²) in [4.78, 5) is 10.9. The van der Waals surface area contributed by atoms with Crippen LogP contribution in [0.25, 0.3) is 0 Å². The maximum absolute atomic E-state index is 12.4. The minimum atomic E-state index is -4.53. The summed E-state index contributed by atoms with van der Waals surface area (Å²) in [5.74, 6) is -1.92. The van der Waals surface area contributed by atoms with Crippen molar-refractivity contribution in [1.29, 1.82) is 0 Å². The van der Waals surface area contributed by atoms with Crippen LogP contribution in [0.3, 0.4) is 0 Å². The van der Waals surface area contributed by atoms with Gasteiger partial charge in [-0.1, -0.05) is 24.6 Å². The SMILES string of the molecule is CCC(C(=O)O)c1ccc(C(F)(F)F)c(Cl)c1. The van der Waals surface area contributed by atoms with Gasteiger partial charge in [-0.05, 0) is 24.1 Å². The van der Waals surface area contributed by atoms with Crippen molar-refractivity contribution in [3.8, 4) is 0 Å². The van der Waals surface area contributed by atoms with Gasteiger partial charge in [-0.3, -0.25) is 4.79 Å². The molecule has 0 aliphatic carbocycles. The molecule has 94 valence electrons. The third-order valence-corrected chi connectivity index (χ3v) is 2.72. The number of benzene rings is 1. The Morgan fingerprint density at radius 2 is 2.06 bits per heavy atom. The molecule has 2 nitrogen and oxygen atoms in total. The van der Waals surface area contributed by atoms with Gasteiger partial charge in [0.15, 0.2) is 0 Å². The van der Waals surface area contributed by atoms with E-state index in [1.54, 1.807) is 6.92 Å². The first-order valence-corrected chi connectivity index (χ1v) is 5.24. The Morgan fingerprint density at radius 3 is 2.41 bits per heavy atom. The average Bonchev–Trinajstić information content (AvgIpc) is 2.15. The third-order valence-electron chi connectivity index (χ3n) is 2.41. The van der Waals surface area contributed by atoms with Crippen molar-refractivity contribution >= 4 is 17.6 Å². The summed E-state index contributed by atoms with van der Waals surface area (Å²) in [6, 6.07) is 3.02. The molecule has 0 fully saturated rings. The third kappa shape index (κ3) is 3.12. The highest BCUT2D eigenvalue weighted by molar-refractivity contribution is 6.31. The number of rotatable bonds is 3. The lowest BCUT2D eigenvalue weighted by molar-refractivity contribution is -0.139. The fraction of sp³-hybridized carbons (Fsp3) is 0.364. The molecule has 0 heterocycles. The molecule has 0 saturated heterocycles. The molecule has 0 aliphatic rings. The topological polar surface area (TPSA) is 37.3 Å².